The fourth-order valence-corrected chi connectivity index (χ4v) is 2.78. The van der Waals surface area contributed by atoms with Gasteiger partial charge in [-0.15, -0.1) is 0 Å². The Labute approximate surface area is 124 Å². The second-order valence-electron chi connectivity index (χ2n) is 5.44. The quantitative estimate of drug-likeness (QED) is 0.905. The van der Waals surface area contributed by atoms with Crippen LogP contribution >= 0.6 is 0 Å². The fraction of sp³-hybridized carbons (Fsp3) is 0.353. The molecule has 1 aromatic heterocycles. The molecule has 0 saturated carbocycles. The molecule has 1 saturated heterocycles. The molecule has 3 nitrogen and oxygen atoms in total. The van der Waals surface area contributed by atoms with Crippen LogP contribution in [0.1, 0.15) is 29.9 Å². The molecule has 0 amide bonds. The lowest BCUT2D eigenvalue weighted by Crippen LogP contribution is -2.26. The van der Waals surface area contributed by atoms with Gasteiger partial charge < -0.3 is 10.6 Å². The van der Waals surface area contributed by atoms with Crippen LogP contribution in [-0.4, -0.2) is 18.1 Å². The minimum atomic E-state index is -0.181. The molecule has 2 aromatic rings. The molecule has 1 aromatic carbocycles. The van der Waals surface area contributed by atoms with Gasteiger partial charge in [0.05, 0.1) is 0 Å². The Morgan fingerprint density at radius 1 is 1.19 bits per heavy atom. The van der Waals surface area contributed by atoms with Gasteiger partial charge in [-0.3, -0.25) is 0 Å². The van der Waals surface area contributed by atoms with Gasteiger partial charge in [-0.2, -0.15) is 0 Å². The Morgan fingerprint density at radius 3 is 2.81 bits per heavy atom. The van der Waals surface area contributed by atoms with Crippen LogP contribution in [0.2, 0.25) is 0 Å². The molecule has 21 heavy (non-hydrogen) atoms. The summed E-state index contributed by atoms with van der Waals surface area (Å²) in [6, 6.07) is 11.0. The number of benzene rings is 1. The average Bonchev–Trinajstić information content (AvgIpc) is 2.55. The van der Waals surface area contributed by atoms with Crippen LogP contribution in [0.25, 0.3) is 0 Å². The predicted octanol–water partition coefficient (Wildman–Crippen LogP) is 3.30. The van der Waals surface area contributed by atoms with Crippen molar-refractivity contribution in [2.75, 3.05) is 18.4 Å². The number of anilines is 1. The molecule has 1 aliphatic rings. The van der Waals surface area contributed by atoms with Crippen LogP contribution in [0.4, 0.5) is 10.2 Å². The van der Waals surface area contributed by atoms with Gasteiger partial charge in [-0.05, 0) is 55.6 Å². The van der Waals surface area contributed by atoms with Crippen LogP contribution in [0.5, 0.6) is 0 Å². The highest BCUT2D eigenvalue weighted by molar-refractivity contribution is 5.40. The molecule has 0 atom stereocenters. The van der Waals surface area contributed by atoms with Crippen molar-refractivity contribution < 1.29 is 4.39 Å². The first-order chi connectivity index (χ1) is 10.3. The summed E-state index contributed by atoms with van der Waals surface area (Å²) >= 11 is 0. The van der Waals surface area contributed by atoms with Gasteiger partial charge >= 0.3 is 0 Å². The normalized spacial score (nSPS) is 15.9. The van der Waals surface area contributed by atoms with Crippen molar-refractivity contribution in [2.24, 2.45) is 0 Å². The molecule has 0 aliphatic carbocycles. The number of rotatable bonds is 4. The lowest BCUT2D eigenvalue weighted by Gasteiger charge is -2.23. The molecule has 0 bridgehead atoms. The van der Waals surface area contributed by atoms with Crippen molar-refractivity contribution in [1.82, 2.24) is 10.3 Å². The molecule has 3 rings (SSSR count). The molecular weight excluding hydrogens is 265 g/mol. The molecule has 1 aliphatic heterocycles. The number of nitrogens with zero attached hydrogens (tertiary/aromatic N) is 1. The van der Waals surface area contributed by atoms with Crippen LogP contribution in [0.15, 0.2) is 42.6 Å². The number of hydrogen-bond acceptors (Lipinski definition) is 3. The number of halogens is 1. The van der Waals surface area contributed by atoms with E-state index < -0.39 is 0 Å². The topological polar surface area (TPSA) is 37.0 Å². The molecule has 0 spiro atoms. The van der Waals surface area contributed by atoms with E-state index in [1.165, 1.54) is 11.6 Å². The minimum Gasteiger partial charge on any atom is -0.366 e. The molecule has 0 radical (unpaired) electrons. The third-order valence-electron chi connectivity index (χ3n) is 4.01. The molecule has 110 valence electrons. The number of piperidine rings is 1. The van der Waals surface area contributed by atoms with Gasteiger partial charge in [-0.25, -0.2) is 9.37 Å². The van der Waals surface area contributed by atoms with E-state index in [-0.39, 0.29) is 5.82 Å². The van der Waals surface area contributed by atoms with Crippen LogP contribution in [0, 0.1) is 5.82 Å². The highest BCUT2D eigenvalue weighted by Crippen LogP contribution is 2.26. The Morgan fingerprint density at radius 2 is 2.00 bits per heavy atom. The molecule has 2 heterocycles. The van der Waals surface area contributed by atoms with E-state index in [2.05, 4.69) is 27.8 Å². The van der Waals surface area contributed by atoms with Gasteiger partial charge in [0.2, 0.25) is 0 Å². The summed E-state index contributed by atoms with van der Waals surface area (Å²) < 4.78 is 13.6. The van der Waals surface area contributed by atoms with E-state index in [1.54, 1.807) is 12.1 Å². The summed E-state index contributed by atoms with van der Waals surface area (Å²) in [6.07, 6.45) is 4.16. The SMILES string of the molecule is Fc1ccccc1CNc1cc(C2CCNCC2)ccn1. The molecular formula is C17H20FN3. The zero-order valence-electron chi connectivity index (χ0n) is 12.0. The second kappa shape index (κ2) is 6.68. The smallest absolute Gasteiger partial charge is 0.128 e. The monoisotopic (exact) mass is 285 g/mol. The van der Waals surface area contributed by atoms with Crippen LogP contribution in [0.3, 0.4) is 0 Å². The standard InChI is InChI=1S/C17H20FN3/c18-16-4-2-1-3-15(16)12-21-17-11-14(7-10-20-17)13-5-8-19-9-6-13/h1-4,7,10-11,13,19H,5-6,8-9,12H2,(H,20,21). The summed E-state index contributed by atoms with van der Waals surface area (Å²) in [5.74, 6) is 1.23. The average molecular weight is 285 g/mol. The Balaban J connectivity index is 1.67. The van der Waals surface area contributed by atoms with E-state index in [4.69, 9.17) is 0 Å². The van der Waals surface area contributed by atoms with Crippen molar-refractivity contribution in [3.8, 4) is 0 Å². The predicted molar refractivity (Wildman–Crippen MR) is 82.8 cm³/mol. The van der Waals surface area contributed by atoms with Gasteiger partial charge in [0.1, 0.15) is 11.6 Å². The lowest BCUT2D eigenvalue weighted by atomic mass is 9.91. The largest absolute Gasteiger partial charge is 0.366 e. The second-order valence-corrected chi connectivity index (χ2v) is 5.44. The van der Waals surface area contributed by atoms with Crippen molar-refractivity contribution in [3.05, 3.63) is 59.5 Å². The Kier molecular flexibility index (Phi) is 4.46. The molecule has 2 N–H and O–H groups in total. The zero-order valence-corrected chi connectivity index (χ0v) is 12.0. The summed E-state index contributed by atoms with van der Waals surface area (Å²) in [5, 5.41) is 6.59. The molecule has 4 heteroatoms. The lowest BCUT2D eigenvalue weighted by molar-refractivity contribution is 0.460. The maximum absolute atomic E-state index is 13.6. The van der Waals surface area contributed by atoms with Crippen molar-refractivity contribution in [1.29, 1.82) is 0 Å². The number of aromatic nitrogens is 1. The van der Waals surface area contributed by atoms with E-state index in [0.717, 1.165) is 31.7 Å². The van der Waals surface area contributed by atoms with Gasteiger partial charge in [0.25, 0.3) is 0 Å². The Bertz CT molecular complexity index is 594. The number of pyridine rings is 1. The van der Waals surface area contributed by atoms with E-state index in [1.807, 2.05) is 12.3 Å². The van der Waals surface area contributed by atoms with Crippen molar-refractivity contribution in [3.63, 3.8) is 0 Å². The highest BCUT2D eigenvalue weighted by atomic mass is 19.1. The summed E-state index contributed by atoms with van der Waals surface area (Å²) in [6.45, 7) is 2.60. The third kappa shape index (κ3) is 3.58. The molecule has 1 fully saturated rings. The van der Waals surface area contributed by atoms with Gasteiger partial charge in [-0.1, -0.05) is 18.2 Å². The van der Waals surface area contributed by atoms with Gasteiger partial charge in [0, 0.05) is 18.3 Å². The molecule has 0 unspecified atom stereocenters. The number of nitrogens with one attached hydrogen (secondary N) is 2. The third-order valence-corrected chi connectivity index (χ3v) is 4.01. The summed E-state index contributed by atoms with van der Waals surface area (Å²) in [4.78, 5) is 4.33. The highest BCUT2D eigenvalue weighted by Gasteiger charge is 2.15. The van der Waals surface area contributed by atoms with Gasteiger partial charge in [0.15, 0.2) is 0 Å². The van der Waals surface area contributed by atoms with E-state index in [0.29, 0.717) is 18.0 Å². The van der Waals surface area contributed by atoms with Crippen LogP contribution < -0.4 is 10.6 Å². The maximum Gasteiger partial charge on any atom is 0.128 e. The van der Waals surface area contributed by atoms with Crippen LogP contribution in [-0.2, 0) is 6.54 Å². The first-order valence-electron chi connectivity index (χ1n) is 7.47. The Hall–Kier alpha value is -1.94. The van der Waals surface area contributed by atoms with E-state index >= 15 is 0 Å². The first-order valence-corrected chi connectivity index (χ1v) is 7.47. The van der Waals surface area contributed by atoms with Crippen molar-refractivity contribution in [2.45, 2.75) is 25.3 Å². The minimum absolute atomic E-state index is 0.181. The first kappa shape index (κ1) is 14.0. The van der Waals surface area contributed by atoms with E-state index in [9.17, 15) is 4.39 Å². The summed E-state index contributed by atoms with van der Waals surface area (Å²) in [5.41, 5.74) is 1.98. The fourth-order valence-electron chi connectivity index (χ4n) is 2.78. The zero-order chi connectivity index (χ0) is 14.5. The summed E-state index contributed by atoms with van der Waals surface area (Å²) in [7, 11) is 0. The maximum atomic E-state index is 13.6. The van der Waals surface area contributed by atoms with Crippen molar-refractivity contribution >= 4 is 5.82 Å². The number of hydrogen-bond donors (Lipinski definition) is 2.